The number of carbonyl (C=O) groups is 1. The second-order valence-corrected chi connectivity index (χ2v) is 8.17. The first-order chi connectivity index (χ1) is 14.7. The zero-order chi connectivity index (χ0) is 20.5. The molecule has 1 aliphatic heterocycles. The summed E-state index contributed by atoms with van der Waals surface area (Å²) in [5.74, 6) is 1.57. The van der Waals surface area contributed by atoms with Gasteiger partial charge in [0.05, 0.1) is 5.52 Å². The van der Waals surface area contributed by atoms with Crippen LogP contribution in [0, 0.1) is 0 Å². The number of fused-ring (bicyclic) bond motifs is 2. The molecule has 0 bridgehead atoms. The van der Waals surface area contributed by atoms with Gasteiger partial charge in [-0.15, -0.1) is 0 Å². The van der Waals surface area contributed by atoms with Crippen LogP contribution in [0.4, 0.5) is 10.9 Å². The van der Waals surface area contributed by atoms with Crippen LogP contribution in [0.5, 0.6) is 5.75 Å². The Labute approximate surface area is 177 Å². The minimum absolute atomic E-state index is 0.0921. The van der Waals surface area contributed by atoms with Crippen molar-refractivity contribution in [3.05, 3.63) is 42.9 Å². The smallest absolute Gasteiger partial charge is 0.219 e. The summed E-state index contributed by atoms with van der Waals surface area (Å²) < 4.78 is 6.20. The molecule has 1 aliphatic rings. The molecular formula is C21H20N6O2S. The summed E-state index contributed by atoms with van der Waals surface area (Å²) in [5, 5.41) is 4.89. The van der Waals surface area contributed by atoms with Crippen molar-refractivity contribution < 1.29 is 9.53 Å². The first kappa shape index (κ1) is 18.7. The molecule has 1 saturated heterocycles. The maximum Gasteiger partial charge on any atom is 0.219 e. The Morgan fingerprint density at radius 3 is 2.83 bits per heavy atom. The Bertz CT molecular complexity index is 1190. The molecule has 1 amide bonds. The molecule has 0 atom stereocenters. The van der Waals surface area contributed by atoms with E-state index in [9.17, 15) is 4.79 Å². The van der Waals surface area contributed by atoms with Gasteiger partial charge in [-0.05, 0) is 30.3 Å². The fraction of sp³-hybridized carbons (Fsp3) is 0.286. The third-order valence-corrected chi connectivity index (χ3v) is 6.08. The fourth-order valence-corrected chi connectivity index (χ4v) is 4.42. The van der Waals surface area contributed by atoms with Crippen LogP contribution in [0.3, 0.4) is 0 Å². The molecule has 8 nitrogen and oxygen atoms in total. The van der Waals surface area contributed by atoms with E-state index in [2.05, 4.69) is 25.3 Å². The number of piperidine rings is 1. The Balaban J connectivity index is 1.38. The van der Waals surface area contributed by atoms with Gasteiger partial charge < -0.3 is 15.0 Å². The molecule has 1 fully saturated rings. The van der Waals surface area contributed by atoms with E-state index >= 15 is 0 Å². The normalized spacial score (nSPS) is 14.9. The van der Waals surface area contributed by atoms with Gasteiger partial charge in [-0.25, -0.2) is 19.9 Å². The SMILES string of the molecule is CC(=O)N1CCC(Oc2ccc3ncnc(Nc4nc5cccnc5s4)c3c2)CC1. The lowest BCUT2D eigenvalue weighted by Gasteiger charge is -2.31. The van der Waals surface area contributed by atoms with Gasteiger partial charge in [0.15, 0.2) is 5.13 Å². The lowest BCUT2D eigenvalue weighted by Crippen LogP contribution is -2.40. The first-order valence-electron chi connectivity index (χ1n) is 9.81. The minimum atomic E-state index is 0.0921. The summed E-state index contributed by atoms with van der Waals surface area (Å²) in [6.07, 6.45) is 5.04. The number of pyridine rings is 1. The second kappa shape index (κ2) is 7.83. The topological polar surface area (TPSA) is 93.1 Å². The summed E-state index contributed by atoms with van der Waals surface area (Å²) in [7, 11) is 0. The van der Waals surface area contributed by atoms with Crippen molar-refractivity contribution in [2.45, 2.75) is 25.9 Å². The van der Waals surface area contributed by atoms with Gasteiger partial charge in [-0.2, -0.15) is 0 Å². The predicted molar refractivity (Wildman–Crippen MR) is 116 cm³/mol. The minimum Gasteiger partial charge on any atom is -0.490 e. The van der Waals surface area contributed by atoms with Crippen molar-refractivity contribution in [1.82, 2.24) is 24.8 Å². The number of carbonyl (C=O) groups excluding carboxylic acids is 1. The van der Waals surface area contributed by atoms with Gasteiger partial charge in [-0.1, -0.05) is 11.3 Å². The molecule has 5 rings (SSSR count). The van der Waals surface area contributed by atoms with Crippen LogP contribution in [0.1, 0.15) is 19.8 Å². The van der Waals surface area contributed by atoms with E-state index < -0.39 is 0 Å². The highest BCUT2D eigenvalue weighted by atomic mass is 32.1. The van der Waals surface area contributed by atoms with Gasteiger partial charge >= 0.3 is 0 Å². The van der Waals surface area contributed by atoms with E-state index in [4.69, 9.17) is 4.74 Å². The molecule has 0 unspecified atom stereocenters. The average Bonchev–Trinajstić information content (AvgIpc) is 3.17. The average molecular weight is 420 g/mol. The number of thiazole rings is 1. The lowest BCUT2D eigenvalue weighted by atomic mass is 10.1. The molecular weight excluding hydrogens is 400 g/mol. The number of rotatable bonds is 4. The Hall–Kier alpha value is -3.33. The zero-order valence-corrected chi connectivity index (χ0v) is 17.2. The van der Waals surface area contributed by atoms with E-state index in [1.54, 1.807) is 13.1 Å². The van der Waals surface area contributed by atoms with Crippen molar-refractivity contribution in [3.63, 3.8) is 0 Å². The maximum atomic E-state index is 11.5. The summed E-state index contributed by atoms with van der Waals surface area (Å²) in [6.45, 7) is 3.07. The number of hydrogen-bond acceptors (Lipinski definition) is 8. The molecule has 0 saturated carbocycles. The van der Waals surface area contributed by atoms with Crippen LogP contribution in [-0.2, 0) is 4.79 Å². The Morgan fingerprint density at radius 2 is 2.03 bits per heavy atom. The van der Waals surface area contributed by atoms with Gasteiger partial charge in [-0.3, -0.25) is 4.79 Å². The maximum absolute atomic E-state index is 11.5. The van der Waals surface area contributed by atoms with Crippen LogP contribution in [-0.4, -0.2) is 49.9 Å². The second-order valence-electron chi connectivity index (χ2n) is 7.20. The third kappa shape index (κ3) is 3.76. The largest absolute Gasteiger partial charge is 0.490 e. The molecule has 4 aromatic rings. The number of aromatic nitrogens is 4. The van der Waals surface area contributed by atoms with Gasteiger partial charge in [0.1, 0.15) is 34.3 Å². The molecule has 4 heterocycles. The van der Waals surface area contributed by atoms with Gasteiger partial charge in [0.25, 0.3) is 0 Å². The highest BCUT2D eigenvalue weighted by Crippen LogP contribution is 2.31. The van der Waals surface area contributed by atoms with Crippen LogP contribution >= 0.6 is 11.3 Å². The van der Waals surface area contributed by atoms with E-state index in [1.165, 1.54) is 17.7 Å². The summed E-state index contributed by atoms with van der Waals surface area (Å²) in [4.78, 5) is 31.9. The van der Waals surface area contributed by atoms with Gasteiger partial charge in [0.2, 0.25) is 5.91 Å². The number of anilines is 2. The van der Waals surface area contributed by atoms with Crippen LogP contribution in [0.15, 0.2) is 42.9 Å². The Kier molecular flexibility index (Phi) is 4.88. The predicted octanol–water partition coefficient (Wildman–Crippen LogP) is 3.77. The third-order valence-electron chi connectivity index (χ3n) is 5.19. The van der Waals surface area contributed by atoms with Crippen LogP contribution in [0.25, 0.3) is 21.3 Å². The molecule has 9 heteroatoms. The number of amides is 1. The van der Waals surface area contributed by atoms with Crippen molar-refractivity contribution in [2.24, 2.45) is 0 Å². The highest BCUT2D eigenvalue weighted by molar-refractivity contribution is 7.21. The van der Waals surface area contributed by atoms with E-state index in [-0.39, 0.29) is 12.0 Å². The van der Waals surface area contributed by atoms with E-state index in [0.717, 1.165) is 58.1 Å². The fourth-order valence-electron chi connectivity index (χ4n) is 3.61. The van der Waals surface area contributed by atoms with Crippen LogP contribution < -0.4 is 10.1 Å². The molecule has 0 radical (unpaired) electrons. The van der Waals surface area contributed by atoms with E-state index in [0.29, 0.717) is 5.82 Å². The zero-order valence-electron chi connectivity index (χ0n) is 16.4. The van der Waals surface area contributed by atoms with Crippen molar-refractivity contribution in [1.29, 1.82) is 0 Å². The standard InChI is InChI=1S/C21H20N6O2S/c1-13(28)27-9-6-14(7-10-27)29-15-4-5-17-16(11-15)19(24-12-23-17)26-21-25-18-3-2-8-22-20(18)30-21/h2-5,8,11-12,14H,6-7,9-10H2,1H3,(H,23,24,25,26). The molecule has 152 valence electrons. The lowest BCUT2D eigenvalue weighted by molar-refractivity contribution is -0.130. The number of benzene rings is 1. The van der Waals surface area contributed by atoms with Crippen molar-refractivity contribution >= 4 is 49.4 Å². The van der Waals surface area contributed by atoms with Crippen molar-refractivity contribution in [3.8, 4) is 5.75 Å². The molecule has 1 N–H and O–H groups in total. The summed E-state index contributed by atoms with van der Waals surface area (Å²) in [6, 6.07) is 9.63. The first-order valence-corrected chi connectivity index (χ1v) is 10.6. The van der Waals surface area contributed by atoms with Crippen LogP contribution in [0.2, 0.25) is 0 Å². The monoisotopic (exact) mass is 420 g/mol. The number of likely N-dealkylation sites (tertiary alicyclic amines) is 1. The number of hydrogen-bond donors (Lipinski definition) is 1. The molecule has 3 aromatic heterocycles. The Morgan fingerprint density at radius 1 is 1.17 bits per heavy atom. The molecule has 0 spiro atoms. The molecule has 1 aromatic carbocycles. The number of nitrogens with one attached hydrogen (secondary N) is 1. The van der Waals surface area contributed by atoms with Crippen molar-refractivity contribution in [2.75, 3.05) is 18.4 Å². The summed E-state index contributed by atoms with van der Waals surface area (Å²) >= 11 is 1.48. The van der Waals surface area contributed by atoms with Gasteiger partial charge in [0, 0.05) is 44.4 Å². The van der Waals surface area contributed by atoms with E-state index in [1.807, 2.05) is 35.2 Å². The molecule has 30 heavy (non-hydrogen) atoms. The summed E-state index contributed by atoms with van der Waals surface area (Å²) in [5.41, 5.74) is 1.68. The quantitative estimate of drug-likeness (QED) is 0.537. The number of ether oxygens (including phenoxy) is 1. The number of nitrogens with zero attached hydrogens (tertiary/aromatic N) is 5. The molecule has 0 aliphatic carbocycles. The highest BCUT2D eigenvalue weighted by Gasteiger charge is 2.22.